The number of nitrogens with two attached hydrogens (primary N) is 1. The predicted octanol–water partition coefficient (Wildman–Crippen LogP) is 5.64. The number of amides is 5. The zero-order valence-electron chi connectivity index (χ0n) is 35.5. The third kappa shape index (κ3) is 11.5. The van der Waals surface area contributed by atoms with Crippen LogP contribution in [0.3, 0.4) is 0 Å². The molecule has 15 nitrogen and oxygen atoms in total. The topological polar surface area (TPSA) is 204 Å². The van der Waals surface area contributed by atoms with Gasteiger partial charge in [-0.05, 0) is 88.3 Å². The molecule has 2 fully saturated rings. The summed E-state index contributed by atoms with van der Waals surface area (Å²) in [6, 6.07) is 13.3. The molecule has 1 atom stereocenters. The van der Waals surface area contributed by atoms with E-state index >= 15 is 0 Å². The van der Waals surface area contributed by atoms with Gasteiger partial charge in [0, 0.05) is 55.6 Å². The normalized spacial score (nSPS) is 16.7. The summed E-state index contributed by atoms with van der Waals surface area (Å²) in [5.74, 6) is 5.01. The van der Waals surface area contributed by atoms with Crippen LogP contribution in [0.4, 0.5) is 5.82 Å². The molecule has 330 valence electrons. The smallest absolute Gasteiger partial charge is 0.266 e. The Morgan fingerprint density at radius 3 is 2.48 bits per heavy atom. The number of imide groups is 2. The third-order valence-corrected chi connectivity index (χ3v) is 12.3. The van der Waals surface area contributed by atoms with Crippen molar-refractivity contribution in [3.8, 4) is 33.8 Å². The Kier molecular flexibility index (Phi) is 14.5. The van der Waals surface area contributed by atoms with Crippen LogP contribution in [0, 0.1) is 11.8 Å². The van der Waals surface area contributed by atoms with Gasteiger partial charge in [-0.25, -0.2) is 9.97 Å². The number of fused-ring (bicyclic) bond motifs is 1. The Bertz CT molecular complexity index is 2410. The molecule has 4 N–H and O–H groups in total. The second kappa shape index (κ2) is 20.4. The van der Waals surface area contributed by atoms with Crippen molar-refractivity contribution in [1.29, 1.82) is 0 Å². The monoisotopic (exact) mass is 876 g/mol. The number of likely N-dealkylation sites (tertiary alicyclic amines) is 1. The SMILES string of the molecule is CC(C)(O)C#Cc1cccc(COc2cc(-c3cnc(C4CCN(C(=O)CCOCCCCCCOc5cccc6c5C(=O)N(C5CCC(=O)NC5=O)C6=O)CC4)s3)cnc2N)c1. The largest absolute Gasteiger partial charge is 0.493 e. The molecule has 2 saturated heterocycles. The number of piperidine rings is 2. The number of carbonyl (C=O) groups excluding carboxylic acids is 5. The number of aromatic nitrogens is 2. The lowest BCUT2D eigenvalue weighted by atomic mass is 9.97. The minimum Gasteiger partial charge on any atom is -0.493 e. The van der Waals surface area contributed by atoms with Gasteiger partial charge in [-0.2, -0.15) is 0 Å². The highest BCUT2D eigenvalue weighted by Crippen LogP contribution is 2.37. The number of carbonyl (C=O) groups is 5. The van der Waals surface area contributed by atoms with Gasteiger partial charge in [0.25, 0.3) is 11.8 Å². The molecule has 4 aromatic rings. The van der Waals surface area contributed by atoms with Crippen LogP contribution >= 0.6 is 11.3 Å². The molecule has 5 heterocycles. The van der Waals surface area contributed by atoms with E-state index in [1.165, 1.54) is 0 Å². The van der Waals surface area contributed by atoms with Gasteiger partial charge >= 0.3 is 0 Å². The van der Waals surface area contributed by atoms with E-state index in [0.29, 0.717) is 56.6 Å². The maximum absolute atomic E-state index is 13.3. The fraction of sp³-hybridized carbons (Fsp3) is 0.426. The Balaban J connectivity index is 0.768. The maximum Gasteiger partial charge on any atom is 0.266 e. The van der Waals surface area contributed by atoms with Gasteiger partial charge in [-0.15, -0.1) is 11.3 Å². The summed E-state index contributed by atoms with van der Waals surface area (Å²) < 4.78 is 17.8. The van der Waals surface area contributed by atoms with Crippen LogP contribution in [0.1, 0.15) is 114 Å². The van der Waals surface area contributed by atoms with E-state index in [1.54, 1.807) is 49.6 Å². The Morgan fingerprint density at radius 1 is 0.921 bits per heavy atom. The van der Waals surface area contributed by atoms with Crippen molar-refractivity contribution >= 4 is 46.7 Å². The molecule has 1 unspecified atom stereocenters. The highest BCUT2D eigenvalue weighted by atomic mass is 32.1. The minimum atomic E-state index is -1.08. The number of nitrogens with one attached hydrogen (secondary N) is 1. The lowest BCUT2D eigenvalue weighted by molar-refractivity contribution is -0.136. The van der Waals surface area contributed by atoms with Gasteiger partial charge in [0.05, 0.1) is 40.6 Å². The summed E-state index contributed by atoms with van der Waals surface area (Å²) in [6.07, 6.45) is 9.06. The molecule has 0 bridgehead atoms. The molecular formula is C47H52N6O9S. The fourth-order valence-electron chi connectivity index (χ4n) is 7.68. The summed E-state index contributed by atoms with van der Waals surface area (Å²) in [5, 5.41) is 13.2. The first-order valence-electron chi connectivity index (χ1n) is 21.4. The van der Waals surface area contributed by atoms with Crippen LogP contribution in [0.2, 0.25) is 0 Å². The van der Waals surface area contributed by atoms with E-state index in [0.717, 1.165) is 70.0 Å². The lowest BCUT2D eigenvalue weighted by Crippen LogP contribution is -2.54. The van der Waals surface area contributed by atoms with Crippen molar-refractivity contribution in [3.05, 3.63) is 88.2 Å². The number of hydrogen-bond donors (Lipinski definition) is 3. The fourth-order valence-corrected chi connectivity index (χ4v) is 8.75. The average Bonchev–Trinajstić information content (AvgIpc) is 3.86. The number of thiazole rings is 1. The van der Waals surface area contributed by atoms with Crippen molar-refractivity contribution < 1.29 is 43.3 Å². The molecular weight excluding hydrogens is 825 g/mol. The van der Waals surface area contributed by atoms with E-state index in [1.807, 2.05) is 41.4 Å². The molecule has 0 radical (unpaired) electrons. The van der Waals surface area contributed by atoms with Gasteiger partial charge < -0.3 is 30.0 Å². The van der Waals surface area contributed by atoms with E-state index < -0.39 is 35.3 Å². The van der Waals surface area contributed by atoms with Gasteiger partial charge in [-0.1, -0.05) is 36.5 Å². The summed E-state index contributed by atoms with van der Waals surface area (Å²) >= 11 is 1.62. The molecule has 0 spiro atoms. The van der Waals surface area contributed by atoms with Crippen LogP contribution in [0.25, 0.3) is 10.4 Å². The van der Waals surface area contributed by atoms with Gasteiger partial charge in [-0.3, -0.25) is 34.2 Å². The summed E-state index contributed by atoms with van der Waals surface area (Å²) in [5.41, 5.74) is 7.98. The van der Waals surface area contributed by atoms with Crippen molar-refractivity contribution in [1.82, 2.24) is 25.1 Å². The number of rotatable bonds is 17. The first kappa shape index (κ1) is 44.9. The van der Waals surface area contributed by atoms with Crippen LogP contribution in [-0.2, 0) is 25.7 Å². The Hall–Kier alpha value is -6.15. The molecule has 16 heteroatoms. The lowest BCUT2D eigenvalue weighted by Gasteiger charge is -2.31. The molecule has 63 heavy (non-hydrogen) atoms. The first-order chi connectivity index (χ1) is 30.3. The van der Waals surface area contributed by atoms with Crippen LogP contribution < -0.4 is 20.5 Å². The molecule has 3 aliphatic rings. The highest BCUT2D eigenvalue weighted by Gasteiger charge is 2.46. The standard InChI is InChI=1S/C47H52N6O9S/c1-47(2,59)19-15-30-9-7-10-31(25-30)29-62-37-26-33(27-49-42(37)48)38-28-50-44(63-38)32-16-20-52(21-17-32)40(55)18-24-60-22-5-3-4-6-23-61-36-12-8-11-34-41(36)46(58)53(45(34)57)35-13-14-39(54)51-43(35)56/h7-12,25-28,32,35,59H,3-6,13-14,16-18,20-24,29H2,1-2H3,(H2,48,49)(H,51,54,56). The van der Waals surface area contributed by atoms with Gasteiger partial charge in [0.15, 0.2) is 11.6 Å². The van der Waals surface area contributed by atoms with Crippen LogP contribution in [0.5, 0.6) is 11.5 Å². The summed E-state index contributed by atoms with van der Waals surface area (Å²) in [4.78, 5) is 76.2. The molecule has 7 rings (SSSR count). The quantitative estimate of drug-likeness (QED) is 0.0670. The number of aliphatic hydroxyl groups is 1. The number of ether oxygens (including phenoxy) is 3. The van der Waals surface area contributed by atoms with Crippen molar-refractivity contribution in [2.24, 2.45) is 0 Å². The van der Waals surface area contributed by atoms with Crippen molar-refractivity contribution in [2.45, 2.75) is 95.8 Å². The van der Waals surface area contributed by atoms with Crippen molar-refractivity contribution in [2.75, 3.05) is 38.6 Å². The van der Waals surface area contributed by atoms with Gasteiger partial charge in [0.2, 0.25) is 17.7 Å². The zero-order chi connectivity index (χ0) is 44.5. The van der Waals surface area contributed by atoms with Crippen LogP contribution in [-0.4, -0.2) is 99.0 Å². The number of hydrogen-bond acceptors (Lipinski definition) is 13. The molecule has 0 aliphatic carbocycles. The zero-order valence-corrected chi connectivity index (χ0v) is 36.3. The molecule has 3 aliphatic heterocycles. The summed E-state index contributed by atoms with van der Waals surface area (Å²) in [7, 11) is 0. The second-order valence-corrected chi connectivity index (χ2v) is 17.4. The highest BCUT2D eigenvalue weighted by molar-refractivity contribution is 7.15. The third-order valence-electron chi connectivity index (χ3n) is 11.1. The van der Waals surface area contributed by atoms with E-state index in [-0.39, 0.29) is 42.4 Å². The summed E-state index contributed by atoms with van der Waals surface area (Å²) in [6.45, 7) is 6.16. The second-order valence-electron chi connectivity index (χ2n) is 16.4. The molecule has 0 saturated carbocycles. The number of nitrogens with zero attached hydrogens (tertiary/aromatic N) is 4. The Labute approximate surface area is 370 Å². The van der Waals surface area contributed by atoms with Gasteiger partial charge in [0.1, 0.15) is 24.0 Å². The molecule has 5 amide bonds. The number of benzene rings is 2. The Morgan fingerprint density at radius 2 is 1.70 bits per heavy atom. The predicted molar refractivity (Wildman–Crippen MR) is 235 cm³/mol. The minimum absolute atomic E-state index is 0.0573. The van der Waals surface area contributed by atoms with E-state index in [2.05, 4.69) is 22.1 Å². The number of unbranched alkanes of at least 4 members (excludes halogenated alkanes) is 3. The van der Waals surface area contributed by atoms with E-state index in [4.69, 9.17) is 24.9 Å². The molecule has 2 aromatic heterocycles. The van der Waals surface area contributed by atoms with Crippen molar-refractivity contribution in [3.63, 3.8) is 0 Å². The molecule has 2 aromatic carbocycles. The number of anilines is 1. The average molecular weight is 877 g/mol. The number of nitrogen functional groups attached to an aromatic ring is 1. The maximum atomic E-state index is 13.3. The number of pyridine rings is 1. The van der Waals surface area contributed by atoms with Crippen LogP contribution in [0.15, 0.2) is 60.9 Å². The van der Waals surface area contributed by atoms with E-state index in [9.17, 15) is 29.1 Å². The first-order valence-corrected chi connectivity index (χ1v) is 22.2.